The maximum atomic E-state index is 6.45. The van der Waals surface area contributed by atoms with Gasteiger partial charge in [0.1, 0.15) is 5.75 Å². The fourth-order valence-electron chi connectivity index (χ4n) is 4.21. The molecule has 172 valence electrons. The first-order valence-corrected chi connectivity index (χ1v) is 12.4. The molecule has 1 aliphatic heterocycles. The SMILES string of the molecule is Clc1cc(Br)ccc1CC1CONC(c2cc3ccnn3cc2Oc2cccc(C3CC3)c2)=N1. The number of hydrogen-bond acceptors (Lipinski definition) is 5. The number of amidine groups is 1. The average Bonchev–Trinajstić information content (AvgIpc) is 3.59. The van der Waals surface area contributed by atoms with Crippen LogP contribution >= 0.6 is 27.5 Å². The van der Waals surface area contributed by atoms with E-state index >= 15 is 0 Å². The molecule has 1 N–H and O–H groups in total. The van der Waals surface area contributed by atoms with Gasteiger partial charge in [0.15, 0.2) is 11.6 Å². The molecule has 2 aromatic heterocycles. The van der Waals surface area contributed by atoms with E-state index in [4.69, 9.17) is 26.2 Å². The van der Waals surface area contributed by atoms with Crippen LogP contribution in [0.25, 0.3) is 5.52 Å². The van der Waals surface area contributed by atoms with Crippen molar-refractivity contribution in [2.45, 2.75) is 31.2 Å². The molecule has 1 saturated carbocycles. The molecule has 6 rings (SSSR count). The summed E-state index contributed by atoms with van der Waals surface area (Å²) in [7, 11) is 0. The van der Waals surface area contributed by atoms with Crippen molar-refractivity contribution in [1.29, 1.82) is 0 Å². The van der Waals surface area contributed by atoms with Crippen molar-refractivity contribution in [2.75, 3.05) is 6.61 Å². The number of ether oxygens (including phenoxy) is 1. The second-order valence-corrected chi connectivity index (χ2v) is 10.0. The third-order valence-corrected chi connectivity index (χ3v) is 6.96. The highest BCUT2D eigenvalue weighted by molar-refractivity contribution is 9.10. The zero-order valence-corrected chi connectivity index (χ0v) is 20.6. The highest BCUT2D eigenvalue weighted by atomic mass is 79.9. The molecule has 0 spiro atoms. The Bertz CT molecular complexity index is 1400. The summed E-state index contributed by atoms with van der Waals surface area (Å²) in [6, 6.07) is 18.1. The minimum Gasteiger partial charge on any atom is -0.455 e. The first kappa shape index (κ1) is 21.6. The molecule has 1 unspecified atom stereocenters. The van der Waals surface area contributed by atoms with Crippen LogP contribution in [0.15, 0.2) is 76.5 Å². The Hall–Kier alpha value is -2.87. The average molecular weight is 538 g/mol. The smallest absolute Gasteiger partial charge is 0.156 e. The van der Waals surface area contributed by atoms with Crippen molar-refractivity contribution < 1.29 is 9.57 Å². The van der Waals surface area contributed by atoms with Crippen LogP contribution in [-0.2, 0) is 11.3 Å². The summed E-state index contributed by atoms with van der Waals surface area (Å²) in [5.74, 6) is 2.73. The Morgan fingerprint density at radius 1 is 1.15 bits per heavy atom. The molecule has 0 bridgehead atoms. The monoisotopic (exact) mass is 536 g/mol. The highest BCUT2D eigenvalue weighted by Gasteiger charge is 2.25. The Morgan fingerprint density at radius 2 is 2.06 bits per heavy atom. The fraction of sp³-hybridized carbons (Fsp3) is 0.231. The van der Waals surface area contributed by atoms with Gasteiger partial charge in [-0.2, -0.15) is 5.10 Å². The fourth-order valence-corrected chi connectivity index (χ4v) is 4.96. The molecule has 1 atom stereocenters. The zero-order valence-electron chi connectivity index (χ0n) is 18.2. The predicted molar refractivity (Wildman–Crippen MR) is 136 cm³/mol. The maximum absolute atomic E-state index is 6.45. The molecule has 0 radical (unpaired) electrons. The van der Waals surface area contributed by atoms with Crippen molar-refractivity contribution in [3.05, 3.63) is 93.2 Å². The minimum absolute atomic E-state index is 0.0814. The van der Waals surface area contributed by atoms with Crippen LogP contribution in [0.4, 0.5) is 0 Å². The van der Waals surface area contributed by atoms with Gasteiger partial charge in [-0.05, 0) is 72.7 Å². The second-order valence-electron chi connectivity index (χ2n) is 8.69. The number of nitrogens with one attached hydrogen (secondary N) is 1. The molecule has 34 heavy (non-hydrogen) atoms. The molecule has 0 saturated heterocycles. The largest absolute Gasteiger partial charge is 0.455 e. The number of rotatable bonds is 6. The Kier molecular flexibility index (Phi) is 5.77. The molecular formula is C26H22BrClN4O2. The third kappa shape index (κ3) is 4.56. The highest BCUT2D eigenvalue weighted by Crippen LogP contribution is 2.41. The van der Waals surface area contributed by atoms with Gasteiger partial charge in [-0.3, -0.25) is 9.83 Å². The number of nitrogens with zero attached hydrogens (tertiary/aromatic N) is 3. The van der Waals surface area contributed by atoms with Crippen LogP contribution in [0, 0.1) is 0 Å². The van der Waals surface area contributed by atoms with Gasteiger partial charge in [0.25, 0.3) is 0 Å². The molecule has 1 fully saturated rings. The van der Waals surface area contributed by atoms with E-state index in [0.29, 0.717) is 35.6 Å². The van der Waals surface area contributed by atoms with Crippen LogP contribution in [0.2, 0.25) is 5.02 Å². The lowest BCUT2D eigenvalue weighted by atomic mass is 10.1. The topological polar surface area (TPSA) is 60.2 Å². The summed E-state index contributed by atoms with van der Waals surface area (Å²) >= 11 is 9.91. The standard InChI is InChI=1S/C26H22BrClN4O2/c27-19-7-6-18(24(28)12-19)10-20-15-33-31-26(30-20)23-13-21-8-9-29-32(21)14-25(23)34-22-3-1-2-17(11-22)16-4-5-16/h1-3,6-9,11-14,16,20H,4-5,10,15H2,(H,30,31). The Balaban J connectivity index is 1.34. The lowest BCUT2D eigenvalue weighted by Gasteiger charge is -2.23. The third-order valence-electron chi connectivity index (χ3n) is 6.11. The van der Waals surface area contributed by atoms with E-state index in [1.54, 1.807) is 10.7 Å². The van der Waals surface area contributed by atoms with Gasteiger partial charge in [-0.25, -0.2) is 10.00 Å². The molecule has 2 aliphatic rings. The predicted octanol–water partition coefficient (Wildman–Crippen LogP) is 6.31. The minimum atomic E-state index is -0.0814. The quantitative estimate of drug-likeness (QED) is 0.313. The van der Waals surface area contributed by atoms with Crippen molar-refractivity contribution in [3.63, 3.8) is 0 Å². The van der Waals surface area contributed by atoms with E-state index < -0.39 is 0 Å². The van der Waals surface area contributed by atoms with Gasteiger partial charge in [-0.1, -0.05) is 45.7 Å². The van der Waals surface area contributed by atoms with Crippen molar-refractivity contribution in [3.8, 4) is 11.5 Å². The zero-order chi connectivity index (χ0) is 23.1. The van der Waals surface area contributed by atoms with Crippen LogP contribution in [0.5, 0.6) is 11.5 Å². The Labute approximate surface area is 210 Å². The summed E-state index contributed by atoms with van der Waals surface area (Å²) in [5, 5.41) is 5.09. The number of pyridine rings is 1. The lowest BCUT2D eigenvalue weighted by Crippen LogP contribution is -2.36. The summed E-state index contributed by atoms with van der Waals surface area (Å²) in [6.07, 6.45) is 6.81. The molecule has 8 heteroatoms. The number of benzene rings is 2. The maximum Gasteiger partial charge on any atom is 0.156 e. The number of aromatic nitrogens is 2. The van der Waals surface area contributed by atoms with E-state index in [2.05, 4.69) is 38.6 Å². The number of fused-ring (bicyclic) bond motifs is 1. The van der Waals surface area contributed by atoms with Crippen LogP contribution in [-0.4, -0.2) is 28.1 Å². The van der Waals surface area contributed by atoms with Crippen molar-refractivity contribution in [1.82, 2.24) is 15.1 Å². The van der Waals surface area contributed by atoms with Gasteiger partial charge >= 0.3 is 0 Å². The summed E-state index contributed by atoms with van der Waals surface area (Å²) in [4.78, 5) is 10.7. The molecular weight excluding hydrogens is 516 g/mol. The van der Waals surface area contributed by atoms with Gasteiger partial charge in [0, 0.05) is 15.7 Å². The molecule has 4 aromatic rings. The van der Waals surface area contributed by atoms with Gasteiger partial charge in [-0.15, -0.1) is 0 Å². The van der Waals surface area contributed by atoms with Crippen molar-refractivity contribution in [2.24, 2.45) is 4.99 Å². The van der Waals surface area contributed by atoms with Gasteiger partial charge in [0.2, 0.25) is 0 Å². The van der Waals surface area contributed by atoms with E-state index in [1.165, 1.54) is 18.4 Å². The van der Waals surface area contributed by atoms with Crippen LogP contribution in [0.3, 0.4) is 0 Å². The number of hydroxylamine groups is 1. The lowest BCUT2D eigenvalue weighted by molar-refractivity contribution is 0.0623. The van der Waals surface area contributed by atoms with Gasteiger partial charge < -0.3 is 4.74 Å². The first-order valence-electron chi connectivity index (χ1n) is 11.3. The van der Waals surface area contributed by atoms with Crippen LogP contribution in [0.1, 0.15) is 35.4 Å². The number of aliphatic imine (C=N–C) groups is 1. The first-order chi connectivity index (χ1) is 16.6. The Morgan fingerprint density at radius 3 is 2.91 bits per heavy atom. The molecule has 6 nitrogen and oxygen atoms in total. The molecule has 2 aromatic carbocycles. The normalized spacial score (nSPS) is 17.9. The summed E-state index contributed by atoms with van der Waals surface area (Å²) < 4.78 is 9.13. The summed E-state index contributed by atoms with van der Waals surface area (Å²) in [6.45, 7) is 0.449. The summed E-state index contributed by atoms with van der Waals surface area (Å²) in [5.41, 5.74) is 7.11. The van der Waals surface area contributed by atoms with E-state index in [-0.39, 0.29) is 6.04 Å². The van der Waals surface area contributed by atoms with E-state index in [1.807, 2.05) is 48.7 Å². The number of halogens is 2. The molecule has 3 heterocycles. The second kappa shape index (κ2) is 9.06. The number of hydrogen-bond donors (Lipinski definition) is 1. The van der Waals surface area contributed by atoms with Gasteiger partial charge in [0.05, 0.1) is 29.9 Å². The molecule has 1 aliphatic carbocycles. The van der Waals surface area contributed by atoms with E-state index in [9.17, 15) is 0 Å². The van der Waals surface area contributed by atoms with Crippen molar-refractivity contribution >= 4 is 38.9 Å². The van der Waals surface area contributed by atoms with E-state index in [0.717, 1.165) is 26.9 Å². The van der Waals surface area contributed by atoms with Crippen LogP contribution < -0.4 is 10.2 Å². The molecule has 0 amide bonds.